The van der Waals surface area contributed by atoms with Gasteiger partial charge in [0.05, 0.1) is 10.6 Å². The third kappa shape index (κ3) is 3.63. The van der Waals surface area contributed by atoms with Gasteiger partial charge in [0.1, 0.15) is 4.90 Å². The molecule has 0 atom stereocenters. The summed E-state index contributed by atoms with van der Waals surface area (Å²) >= 11 is 4.76. The molecule has 7 nitrogen and oxygen atoms in total. The summed E-state index contributed by atoms with van der Waals surface area (Å²) in [6.07, 6.45) is 1.01. The molecule has 0 bridgehead atoms. The summed E-state index contributed by atoms with van der Waals surface area (Å²) < 4.78 is 48.8. The van der Waals surface area contributed by atoms with Crippen LogP contribution in [0.3, 0.4) is 0 Å². The van der Waals surface area contributed by atoms with E-state index in [1.807, 2.05) is 0 Å². The van der Waals surface area contributed by atoms with Crippen LogP contribution in [-0.2, 0) is 19.9 Å². The number of nitrogens with zero attached hydrogens (tertiary/aromatic N) is 1. The number of nitrogens with two attached hydrogens (primary N) is 2. The maximum atomic E-state index is 12.5. The lowest BCUT2D eigenvalue weighted by molar-refractivity contribution is 0.473. The molecule has 1 aromatic rings. The van der Waals surface area contributed by atoms with Crippen LogP contribution >= 0.6 is 12.2 Å². The average Bonchev–Trinajstić information content (AvgIpc) is 2.25. The van der Waals surface area contributed by atoms with Crippen LogP contribution in [0.15, 0.2) is 28.0 Å². The quantitative estimate of drug-likeness (QED) is 0.591. The molecule has 4 N–H and O–H groups in total. The van der Waals surface area contributed by atoms with Gasteiger partial charge >= 0.3 is 0 Å². The zero-order valence-electron chi connectivity index (χ0n) is 11.8. The minimum Gasteiger partial charge on any atom is -0.398 e. The second-order valence-corrected chi connectivity index (χ2v) is 8.92. The summed E-state index contributed by atoms with van der Waals surface area (Å²) in [4.78, 5) is -0.304. The highest BCUT2D eigenvalue weighted by Crippen LogP contribution is 2.26. The van der Waals surface area contributed by atoms with Gasteiger partial charge in [0, 0.05) is 12.3 Å². The van der Waals surface area contributed by atoms with E-state index in [9.17, 15) is 16.8 Å². The SMILES string of the molecule is CC(C)N(C(N)=S)S(=O)(=O)c1ccc(S(C)(=O)=O)cc1N. The molecule has 0 aliphatic carbocycles. The fourth-order valence-corrected chi connectivity index (χ4v) is 4.51. The van der Waals surface area contributed by atoms with Gasteiger partial charge in [0.2, 0.25) is 0 Å². The molecule has 0 heterocycles. The van der Waals surface area contributed by atoms with Crippen molar-refractivity contribution >= 4 is 42.9 Å². The maximum Gasteiger partial charge on any atom is 0.268 e. The molecule has 0 saturated carbocycles. The minimum atomic E-state index is -4.05. The zero-order chi connectivity index (χ0) is 16.6. The molecule has 0 amide bonds. The first-order chi connectivity index (χ1) is 9.39. The van der Waals surface area contributed by atoms with Gasteiger partial charge in [-0.1, -0.05) is 0 Å². The minimum absolute atomic E-state index is 0.0645. The molecule has 0 fully saturated rings. The fourth-order valence-electron chi connectivity index (χ4n) is 1.75. The molecule has 10 heteroatoms. The molecule has 1 rings (SSSR count). The number of rotatable bonds is 4. The van der Waals surface area contributed by atoms with Crippen molar-refractivity contribution in [2.75, 3.05) is 12.0 Å². The van der Waals surface area contributed by atoms with E-state index >= 15 is 0 Å². The number of sulfone groups is 1. The van der Waals surface area contributed by atoms with Crippen LogP contribution < -0.4 is 11.5 Å². The first kappa shape index (κ1) is 17.7. The van der Waals surface area contributed by atoms with Gasteiger partial charge in [-0.3, -0.25) is 0 Å². The Hall–Kier alpha value is -1.39. The van der Waals surface area contributed by atoms with Crippen molar-refractivity contribution in [3.8, 4) is 0 Å². The lowest BCUT2D eigenvalue weighted by atomic mass is 10.3. The number of anilines is 1. The molecule has 1 aromatic carbocycles. The Morgan fingerprint density at radius 3 is 2.10 bits per heavy atom. The largest absolute Gasteiger partial charge is 0.398 e. The molecule has 118 valence electrons. The molecule has 0 aliphatic rings. The van der Waals surface area contributed by atoms with E-state index in [4.69, 9.17) is 23.7 Å². The van der Waals surface area contributed by atoms with Crippen LogP contribution in [0.2, 0.25) is 0 Å². The summed E-state index contributed by atoms with van der Waals surface area (Å²) in [5.41, 5.74) is 11.0. The van der Waals surface area contributed by atoms with E-state index in [2.05, 4.69) is 0 Å². The number of nitrogen functional groups attached to an aromatic ring is 1. The molecule has 0 aliphatic heterocycles. The second-order valence-electron chi connectivity index (χ2n) is 4.70. The standard InChI is InChI=1S/C11H17N3O4S3/c1-7(2)14(11(13)19)21(17,18)10-5-4-8(6-9(10)12)20(3,15)16/h4-7H,12H2,1-3H3,(H2,13,19). The van der Waals surface area contributed by atoms with Gasteiger partial charge in [-0.2, -0.15) is 0 Å². The van der Waals surface area contributed by atoms with Crippen LogP contribution in [0.4, 0.5) is 5.69 Å². The van der Waals surface area contributed by atoms with E-state index in [-0.39, 0.29) is 20.6 Å². The third-order valence-electron chi connectivity index (χ3n) is 2.63. The normalized spacial score (nSPS) is 12.4. The summed E-state index contributed by atoms with van der Waals surface area (Å²) in [5.74, 6) is 0. The zero-order valence-corrected chi connectivity index (χ0v) is 14.2. The monoisotopic (exact) mass is 351 g/mol. The number of hydrogen-bond acceptors (Lipinski definition) is 6. The van der Waals surface area contributed by atoms with Gasteiger partial charge in [-0.15, -0.1) is 0 Å². The van der Waals surface area contributed by atoms with Crippen molar-refractivity contribution < 1.29 is 16.8 Å². The highest BCUT2D eigenvalue weighted by Gasteiger charge is 2.30. The topological polar surface area (TPSA) is 124 Å². The van der Waals surface area contributed by atoms with Crippen molar-refractivity contribution in [3.63, 3.8) is 0 Å². The summed E-state index contributed by atoms with van der Waals surface area (Å²) in [6, 6.07) is 2.91. The first-order valence-corrected chi connectivity index (χ1v) is 9.56. The van der Waals surface area contributed by atoms with Crippen molar-refractivity contribution in [2.24, 2.45) is 5.73 Å². The molecule has 0 spiro atoms. The number of sulfonamides is 1. The summed E-state index contributed by atoms with van der Waals surface area (Å²) in [7, 11) is -7.52. The average molecular weight is 351 g/mol. The van der Waals surface area contributed by atoms with Gasteiger partial charge in [0.25, 0.3) is 10.0 Å². The molecule has 21 heavy (non-hydrogen) atoms. The lowest BCUT2D eigenvalue weighted by Gasteiger charge is -2.26. The molecule has 0 saturated heterocycles. The van der Waals surface area contributed by atoms with Crippen LogP contribution in [0.5, 0.6) is 0 Å². The van der Waals surface area contributed by atoms with Crippen molar-refractivity contribution in [1.29, 1.82) is 0 Å². The van der Waals surface area contributed by atoms with Crippen molar-refractivity contribution in [1.82, 2.24) is 4.31 Å². The Kier molecular flexibility index (Phi) is 4.86. The summed E-state index contributed by atoms with van der Waals surface area (Å²) in [5, 5.41) is -0.309. The smallest absolute Gasteiger partial charge is 0.268 e. The van der Waals surface area contributed by atoms with Gasteiger partial charge in [0.15, 0.2) is 14.9 Å². The van der Waals surface area contributed by atoms with Crippen molar-refractivity contribution in [3.05, 3.63) is 18.2 Å². The Morgan fingerprint density at radius 1 is 1.24 bits per heavy atom. The molecule has 0 radical (unpaired) electrons. The predicted molar refractivity (Wildman–Crippen MR) is 84.9 cm³/mol. The van der Waals surface area contributed by atoms with Crippen LogP contribution in [-0.4, -0.2) is 38.6 Å². The highest BCUT2D eigenvalue weighted by atomic mass is 32.2. The predicted octanol–water partition coefficient (Wildman–Crippen LogP) is 0.315. The van der Waals surface area contributed by atoms with E-state index in [0.717, 1.165) is 22.7 Å². The van der Waals surface area contributed by atoms with Crippen LogP contribution in [0.1, 0.15) is 13.8 Å². The van der Waals surface area contributed by atoms with Gasteiger partial charge in [-0.05, 0) is 44.3 Å². The van der Waals surface area contributed by atoms with Crippen LogP contribution in [0.25, 0.3) is 0 Å². The number of hydrogen-bond donors (Lipinski definition) is 2. The van der Waals surface area contributed by atoms with E-state index < -0.39 is 25.9 Å². The molecular formula is C11H17N3O4S3. The molecular weight excluding hydrogens is 334 g/mol. The fraction of sp³-hybridized carbons (Fsp3) is 0.364. The Bertz CT molecular complexity index is 770. The Balaban J connectivity index is 3.50. The van der Waals surface area contributed by atoms with Crippen LogP contribution in [0, 0.1) is 0 Å². The van der Waals surface area contributed by atoms with Gasteiger partial charge in [-0.25, -0.2) is 21.1 Å². The van der Waals surface area contributed by atoms with Gasteiger partial charge < -0.3 is 11.5 Å². The molecule has 0 unspecified atom stereocenters. The Labute approximate surface area is 129 Å². The number of thiocarbonyl (C=S) groups is 1. The molecule has 0 aromatic heterocycles. The number of benzene rings is 1. The highest BCUT2D eigenvalue weighted by molar-refractivity contribution is 7.91. The third-order valence-corrected chi connectivity index (χ3v) is 6.12. The maximum absolute atomic E-state index is 12.5. The van der Waals surface area contributed by atoms with E-state index in [1.54, 1.807) is 13.8 Å². The van der Waals surface area contributed by atoms with E-state index in [1.165, 1.54) is 6.07 Å². The second kappa shape index (κ2) is 5.78. The summed E-state index contributed by atoms with van der Waals surface area (Å²) in [6.45, 7) is 3.22. The Morgan fingerprint density at radius 2 is 1.76 bits per heavy atom. The van der Waals surface area contributed by atoms with E-state index in [0.29, 0.717) is 0 Å². The first-order valence-electron chi connectivity index (χ1n) is 5.82. The van der Waals surface area contributed by atoms with Crippen molar-refractivity contribution in [2.45, 2.75) is 29.7 Å². The lowest BCUT2D eigenvalue weighted by Crippen LogP contribution is -2.45.